The monoisotopic (exact) mass is 222 g/mol. The van der Waals surface area contributed by atoms with Crippen LogP contribution >= 0.6 is 0 Å². The summed E-state index contributed by atoms with van der Waals surface area (Å²) in [7, 11) is 0. The van der Waals surface area contributed by atoms with Crippen molar-refractivity contribution in [2.24, 2.45) is 0 Å². The summed E-state index contributed by atoms with van der Waals surface area (Å²) in [6.07, 6.45) is -5.50. The topological polar surface area (TPSA) is 236 Å². The van der Waals surface area contributed by atoms with Gasteiger partial charge in [0.2, 0.25) is 0 Å². The van der Waals surface area contributed by atoms with Gasteiger partial charge in [-0.15, -0.1) is 0 Å². The standard InChI is InChI=1S/3CH2O3.2H2O/c3*2-1(3)4;;/h3*(H2,2,3,4);2*1H2. The molecule has 0 aromatic carbocycles. The summed E-state index contributed by atoms with van der Waals surface area (Å²) in [5.74, 6) is 0. The van der Waals surface area contributed by atoms with Gasteiger partial charge in [0.25, 0.3) is 0 Å². The van der Waals surface area contributed by atoms with Crippen molar-refractivity contribution < 1.29 is 56.0 Å². The van der Waals surface area contributed by atoms with E-state index in [-0.39, 0.29) is 11.0 Å². The van der Waals surface area contributed by atoms with E-state index in [0.29, 0.717) is 0 Å². The average molecular weight is 222 g/mol. The van der Waals surface area contributed by atoms with E-state index in [4.69, 9.17) is 45.0 Å². The van der Waals surface area contributed by atoms with Gasteiger partial charge < -0.3 is 41.6 Å². The van der Waals surface area contributed by atoms with Gasteiger partial charge in [-0.1, -0.05) is 0 Å². The molecular weight excluding hydrogens is 212 g/mol. The van der Waals surface area contributed by atoms with Gasteiger partial charge in [-0.3, -0.25) is 0 Å². The molecule has 0 atom stereocenters. The molecule has 0 aliphatic heterocycles. The molecule has 14 heavy (non-hydrogen) atoms. The van der Waals surface area contributed by atoms with Crippen LogP contribution in [0.4, 0.5) is 14.4 Å². The first-order chi connectivity index (χ1) is 5.20. The predicted octanol–water partition coefficient (Wildman–Crippen LogP) is -0.982. The molecule has 0 fully saturated rings. The van der Waals surface area contributed by atoms with Crippen LogP contribution in [-0.4, -0.2) is 60.1 Å². The van der Waals surface area contributed by atoms with Crippen molar-refractivity contribution in [3.8, 4) is 0 Å². The molecule has 0 unspecified atom stereocenters. The number of rotatable bonds is 0. The average Bonchev–Trinajstić information content (AvgIpc) is 1.54. The molecule has 88 valence electrons. The quantitative estimate of drug-likeness (QED) is 0.294. The second-order valence-corrected chi connectivity index (χ2v) is 0.848. The highest BCUT2D eigenvalue weighted by atomic mass is 16.6. The molecule has 0 radical (unpaired) electrons. The predicted molar refractivity (Wildman–Crippen MR) is 39.2 cm³/mol. The van der Waals surface area contributed by atoms with Crippen LogP contribution in [0.5, 0.6) is 0 Å². The van der Waals surface area contributed by atoms with Crippen molar-refractivity contribution >= 4 is 18.5 Å². The molecule has 0 aliphatic carbocycles. The SMILES string of the molecule is O.O.O=C(O)O.O=C(O)O.O=C(O)O. The van der Waals surface area contributed by atoms with E-state index < -0.39 is 18.5 Å². The van der Waals surface area contributed by atoms with Crippen LogP contribution in [0.2, 0.25) is 0 Å². The molecule has 0 rings (SSSR count). The second-order valence-electron chi connectivity index (χ2n) is 0.848. The van der Waals surface area contributed by atoms with E-state index in [1.807, 2.05) is 0 Å². The summed E-state index contributed by atoms with van der Waals surface area (Å²) in [6, 6.07) is 0. The Hall–Kier alpha value is -2.27. The van der Waals surface area contributed by atoms with Crippen LogP contribution in [0.15, 0.2) is 0 Å². The second kappa shape index (κ2) is 22.4. The van der Waals surface area contributed by atoms with E-state index in [1.165, 1.54) is 0 Å². The zero-order valence-corrected chi connectivity index (χ0v) is 6.41. The van der Waals surface area contributed by atoms with E-state index >= 15 is 0 Å². The van der Waals surface area contributed by atoms with Gasteiger partial charge >= 0.3 is 18.5 Å². The maximum atomic E-state index is 8.56. The summed E-state index contributed by atoms with van der Waals surface area (Å²) in [4.78, 5) is 25.7. The highest BCUT2D eigenvalue weighted by molar-refractivity contribution is 5.53. The molecule has 0 aromatic rings. The fourth-order valence-corrected chi connectivity index (χ4v) is 0. The maximum absolute atomic E-state index is 8.56. The van der Waals surface area contributed by atoms with Crippen LogP contribution in [0.3, 0.4) is 0 Å². The lowest BCUT2D eigenvalue weighted by Gasteiger charge is -1.60. The molecule has 10 N–H and O–H groups in total. The minimum Gasteiger partial charge on any atom is -0.450 e. The zero-order valence-electron chi connectivity index (χ0n) is 6.41. The van der Waals surface area contributed by atoms with Crippen LogP contribution in [0.25, 0.3) is 0 Å². The zero-order chi connectivity index (χ0) is 10.7. The minimum absolute atomic E-state index is 0. The van der Waals surface area contributed by atoms with Crippen molar-refractivity contribution in [1.29, 1.82) is 0 Å². The van der Waals surface area contributed by atoms with Gasteiger partial charge in [-0.2, -0.15) is 0 Å². The molecule has 0 heterocycles. The third-order valence-electron chi connectivity index (χ3n) is 0. The summed E-state index contributed by atoms with van der Waals surface area (Å²) in [6.45, 7) is 0. The minimum atomic E-state index is -1.83. The Morgan fingerprint density at radius 2 is 0.500 bits per heavy atom. The molecule has 0 aliphatic rings. The maximum Gasteiger partial charge on any atom is 0.503 e. The van der Waals surface area contributed by atoms with Crippen LogP contribution in [0, 0.1) is 0 Å². The number of carboxylic acid groups (broad SMARTS) is 6. The van der Waals surface area contributed by atoms with Crippen LogP contribution in [0.1, 0.15) is 0 Å². The largest absolute Gasteiger partial charge is 0.503 e. The Morgan fingerprint density at radius 3 is 0.500 bits per heavy atom. The number of hydrogen-bond acceptors (Lipinski definition) is 3. The van der Waals surface area contributed by atoms with Crippen LogP contribution in [-0.2, 0) is 0 Å². The van der Waals surface area contributed by atoms with Crippen LogP contribution < -0.4 is 0 Å². The van der Waals surface area contributed by atoms with Gasteiger partial charge in [-0.05, 0) is 0 Å². The Bertz CT molecular complexity index is 108. The lowest BCUT2D eigenvalue weighted by molar-refractivity contribution is 0.135. The smallest absolute Gasteiger partial charge is 0.450 e. The Balaban J connectivity index is -0.0000000270. The Kier molecular flexibility index (Phi) is 47.8. The third-order valence-corrected chi connectivity index (χ3v) is 0. The summed E-state index contributed by atoms with van der Waals surface area (Å²) >= 11 is 0. The normalized spacial score (nSPS) is 5.14. The summed E-state index contributed by atoms with van der Waals surface area (Å²) in [5, 5.41) is 41.8. The Labute approximate surface area is 75.7 Å². The van der Waals surface area contributed by atoms with E-state index in [9.17, 15) is 0 Å². The molecule has 11 nitrogen and oxygen atoms in total. The molecule has 0 aromatic heterocycles. The van der Waals surface area contributed by atoms with Crippen molar-refractivity contribution in [3.05, 3.63) is 0 Å². The highest BCUT2D eigenvalue weighted by Gasteiger charge is 1.70. The fourth-order valence-electron chi connectivity index (χ4n) is 0. The molecule has 0 amide bonds. The van der Waals surface area contributed by atoms with E-state index in [1.54, 1.807) is 0 Å². The van der Waals surface area contributed by atoms with Gasteiger partial charge in [0.15, 0.2) is 0 Å². The number of carbonyl (C=O) groups is 3. The molecular formula is C3H10O11. The fraction of sp³-hybridized carbons (Fsp3) is 0. The summed E-state index contributed by atoms with van der Waals surface area (Å²) < 4.78 is 0. The third kappa shape index (κ3) is 144. The number of hydrogen-bond donors (Lipinski definition) is 6. The first-order valence-corrected chi connectivity index (χ1v) is 1.95. The van der Waals surface area contributed by atoms with Crippen molar-refractivity contribution in [2.45, 2.75) is 0 Å². The first-order valence-electron chi connectivity index (χ1n) is 1.95. The van der Waals surface area contributed by atoms with Gasteiger partial charge in [0.05, 0.1) is 0 Å². The van der Waals surface area contributed by atoms with E-state index in [2.05, 4.69) is 0 Å². The Morgan fingerprint density at radius 1 is 0.500 bits per heavy atom. The summed E-state index contributed by atoms with van der Waals surface area (Å²) in [5.41, 5.74) is 0. The van der Waals surface area contributed by atoms with Gasteiger partial charge in [0, 0.05) is 0 Å². The first kappa shape index (κ1) is 29.8. The molecule has 0 saturated heterocycles. The molecule has 11 heteroatoms. The van der Waals surface area contributed by atoms with Gasteiger partial charge in [-0.25, -0.2) is 14.4 Å². The molecule has 0 saturated carbocycles. The lowest BCUT2D eigenvalue weighted by Crippen LogP contribution is -1.81. The van der Waals surface area contributed by atoms with Crippen molar-refractivity contribution in [3.63, 3.8) is 0 Å². The van der Waals surface area contributed by atoms with Crippen molar-refractivity contribution in [2.75, 3.05) is 0 Å². The van der Waals surface area contributed by atoms with E-state index in [0.717, 1.165) is 0 Å². The lowest BCUT2D eigenvalue weighted by atomic mass is 11.5. The van der Waals surface area contributed by atoms with Crippen molar-refractivity contribution in [1.82, 2.24) is 0 Å². The van der Waals surface area contributed by atoms with Gasteiger partial charge in [0.1, 0.15) is 0 Å². The highest BCUT2D eigenvalue weighted by Crippen LogP contribution is 1.43. The molecule has 0 bridgehead atoms. The molecule has 0 spiro atoms.